The molecule has 0 atom stereocenters. The van der Waals surface area contributed by atoms with Crippen molar-refractivity contribution in [1.29, 1.82) is 0 Å². The number of nitrogens with one attached hydrogen (secondary N) is 1. The highest BCUT2D eigenvalue weighted by atomic mass is 79.9. The molecule has 0 radical (unpaired) electrons. The van der Waals surface area contributed by atoms with E-state index in [0.717, 1.165) is 30.5 Å². The van der Waals surface area contributed by atoms with Crippen LogP contribution in [0.2, 0.25) is 5.02 Å². The third-order valence-corrected chi connectivity index (χ3v) is 6.01. The predicted octanol–water partition coefficient (Wildman–Crippen LogP) is 5.13. The lowest BCUT2D eigenvalue weighted by Crippen LogP contribution is -2.44. The average molecular weight is 467 g/mol. The molecule has 0 saturated carbocycles. The molecule has 1 fully saturated rings. The van der Waals surface area contributed by atoms with E-state index in [1.54, 1.807) is 6.07 Å². The van der Waals surface area contributed by atoms with Gasteiger partial charge in [0.2, 0.25) is 5.91 Å². The van der Waals surface area contributed by atoms with Crippen molar-refractivity contribution in [1.82, 2.24) is 5.32 Å². The molecule has 1 heterocycles. The SMILES string of the molecule is O=C(CCCOc1ccccc1Cl)NCC1(c2ccc(Br)cc2)CCOCC1. The second-order valence-corrected chi connectivity index (χ2v) is 8.38. The maximum atomic E-state index is 12.4. The van der Waals surface area contributed by atoms with E-state index in [9.17, 15) is 4.79 Å². The molecule has 4 nitrogen and oxygen atoms in total. The Labute approximate surface area is 179 Å². The van der Waals surface area contributed by atoms with Gasteiger partial charge in [0.25, 0.3) is 0 Å². The lowest BCUT2D eigenvalue weighted by atomic mass is 9.74. The predicted molar refractivity (Wildman–Crippen MR) is 115 cm³/mol. The van der Waals surface area contributed by atoms with Gasteiger partial charge < -0.3 is 14.8 Å². The number of rotatable bonds is 8. The maximum Gasteiger partial charge on any atom is 0.220 e. The molecule has 1 aliphatic rings. The fourth-order valence-corrected chi connectivity index (χ4v) is 3.92. The van der Waals surface area contributed by atoms with Gasteiger partial charge in [-0.1, -0.05) is 51.8 Å². The van der Waals surface area contributed by atoms with Gasteiger partial charge in [-0.25, -0.2) is 0 Å². The van der Waals surface area contributed by atoms with E-state index in [2.05, 4.69) is 45.5 Å². The van der Waals surface area contributed by atoms with E-state index in [0.29, 0.717) is 36.8 Å². The van der Waals surface area contributed by atoms with Crippen LogP contribution in [0.3, 0.4) is 0 Å². The van der Waals surface area contributed by atoms with Gasteiger partial charge in [-0.15, -0.1) is 0 Å². The molecular weight excluding hydrogens is 442 g/mol. The first-order chi connectivity index (χ1) is 13.6. The van der Waals surface area contributed by atoms with Crippen LogP contribution >= 0.6 is 27.5 Å². The summed E-state index contributed by atoms with van der Waals surface area (Å²) >= 11 is 9.56. The molecular formula is C22H25BrClNO3. The minimum atomic E-state index is -0.0668. The van der Waals surface area contributed by atoms with Crippen LogP contribution in [0.15, 0.2) is 53.0 Å². The third kappa shape index (κ3) is 5.72. The number of ether oxygens (including phenoxy) is 2. The normalized spacial score (nSPS) is 15.8. The number of hydrogen-bond acceptors (Lipinski definition) is 3. The van der Waals surface area contributed by atoms with Crippen LogP contribution in [0.5, 0.6) is 5.75 Å². The highest BCUT2D eigenvalue weighted by molar-refractivity contribution is 9.10. The van der Waals surface area contributed by atoms with Gasteiger partial charge in [0, 0.05) is 36.1 Å². The van der Waals surface area contributed by atoms with Crippen LogP contribution < -0.4 is 10.1 Å². The highest BCUT2D eigenvalue weighted by Gasteiger charge is 2.34. The lowest BCUT2D eigenvalue weighted by molar-refractivity contribution is -0.121. The van der Waals surface area contributed by atoms with Crippen molar-refractivity contribution in [2.24, 2.45) is 0 Å². The molecule has 1 N–H and O–H groups in total. The summed E-state index contributed by atoms with van der Waals surface area (Å²) in [5.41, 5.74) is 1.18. The zero-order valence-electron chi connectivity index (χ0n) is 15.8. The minimum absolute atomic E-state index is 0.0470. The van der Waals surface area contributed by atoms with E-state index in [-0.39, 0.29) is 11.3 Å². The van der Waals surface area contributed by atoms with E-state index < -0.39 is 0 Å². The van der Waals surface area contributed by atoms with Crippen LogP contribution in [0.1, 0.15) is 31.2 Å². The van der Waals surface area contributed by atoms with Crippen molar-refractivity contribution in [2.45, 2.75) is 31.1 Å². The molecule has 3 rings (SSSR count). The summed E-state index contributed by atoms with van der Waals surface area (Å²) in [5.74, 6) is 0.701. The molecule has 0 bridgehead atoms. The smallest absolute Gasteiger partial charge is 0.220 e. The Morgan fingerprint density at radius 2 is 1.86 bits per heavy atom. The summed E-state index contributed by atoms with van der Waals surface area (Å²) in [5, 5.41) is 3.71. The molecule has 0 unspecified atom stereocenters. The second-order valence-electron chi connectivity index (χ2n) is 7.06. The summed E-state index contributed by atoms with van der Waals surface area (Å²) in [6, 6.07) is 15.7. The van der Waals surface area contributed by atoms with Crippen molar-refractivity contribution in [3.63, 3.8) is 0 Å². The van der Waals surface area contributed by atoms with Crippen molar-refractivity contribution >= 4 is 33.4 Å². The molecule has 1 aliphatic heterocycles. The number of hydrogen-bond donors (Lipinski definition) is 1. The second kappa shape index (κ2) is 10.3. The van der Waals surface area contributed by atoms with Crippen molar-refractivity contribution in [2.75, 3.05) is 26.4 Å². The van der Waals surface area contributed by atoms with E-state index in [4.69, 9.17) is 21.1 Å². The van der Waals surface area contributed by atoms with Gasteiger partial charge in [-0.3, -0.25) is 4.79 Å². The van der Waals surface area contributed by atoms with Crippen LogP contribution in [-0.2, 0) is 14.9 Å². The molecule has 6 heteroatoms. The molecule has 2 aromatic rings. The fraction of sp³-hybridized carbons (Fsp3) is 0.409. The fourth-order valence-electron chi connectivity index (χ4n) is 3.47. The average Bonchev–Trinajstić information content (AvgIpc) is 2.72. The van der Waals surface area contributed by atoms with Crippen molar-refractivity contribution in [3.8, 4) is 5.75 Å². The zero-order valence-corrected chi connectivity index (χ0v) is 18.1. The Hall–Kier alpha value is -1.56. The van der Waals surface area contributed by atoms with Gasteiger partial charge in [-0.05, 0) is 49.1 Å². The number of para-hydroxylation sites is 1. The molecule has 0 spiro atoms. The molecule has 1 saturated heterocycles. The molecule has 0 aliphatic carbocycles. The summed E-state index contributed by atoms with van der Waals surface area (Å²) in [4.78, 5) is 12.4. The van der Waals surface area contributed by atoms with Gasteiger partial charge in [0.1, 0.15) is 5.75 Å². The van der Waals surface area contributed by atoms with Crippen molar-refractivity contribution in [3.05, 3.63) is 63.6 Å². The Morgan fingerprint density at radius 3 is 2.57 bits per heavy atom. The standard InChI is InChI=1S/C22H25BrClNO3/c23-18-9-7-17(8-10-18)22(11-14-27-15-12-22)16-25-21(26)6-3-13-28-20-5-2-1-4-19(20)24/h1-2,4-5,7-10H,3,6,11-16H2,(H,25,26). The van der Waals surface area contributed by atoms with Crippen LogP contribution in [0, 0.1) is 0 Å². The first-order valence-corrected chi connectivity index (χ1v) is 10.7. The Kier molecular flexibility index (Phi) is 7.77. The van der Waals surface area contributed by atoms with Crippen LogP contribution in [0.4, 0.5) is 0 Å². The van der Waals surface area contributed by atoms with E-state index in [1.165, 1.54) is 5.56 Å². The summed E-state index contributed by atoms with van der Waals surface area (Å²) in [6.07, 6.45) is 2.89. The molecule has 28 heavy (non-hydrogen) atoms. The number of amides is 1. The van der Waals surface area contributed by atoms with Crippen molar-refractivity contribution < 1.29 is 14.3 Å². The quantitative estimate of drug-likeness (QED) is 0.549. The van der Waals surface area contributed by atoms with Gasteiger partial charge in [0.05, 0.1) is 11.6 Å². The minimum Gasteiger partial charge on any atom is -0.492 e. The number of benzene rings is 2. The number of carbonyl (C=O) groups is 1. The largest absolute Gasteiger partial charge is 0.492 e. The maximum absolute atomic E-state index is 12.4. The summed E-state index contributed by atoms with van der Waals surface area (Å²) in [6.45, 7) is 2.53. The topological polar surface area (TPSA) is 47.6 Å². The molecule has 1 amide bonds. The van der Waals surface area contributed by atoms with Gasteiger partial charge in [0.15, 0.2) is 0 Å². The first kappa shape index (κ1) is 21.2. The molecule has 2 aromatic carbocycles. The Morgan fingerprint density at radius 1 is 1.14 bits per heavy atom. The Balaban J connectivity index is 1.48. The summed E-state index contributed by atoms with van der Waals surface area (Å²) < 4.78 is 12.3. The van der Waals surface area contributed by atoms with Gasteiger partial charge >= 0.3 is 0 Å². The Bertz CT molecular complexity index is 776. The van der Waals surface area contributed by atoms with Crippen LogP contribution in [0.25, 0.3) is 0 Å². The highest BCUT2D eigenvalue weighted by Crippen LogP contribution is 2.35. The first-order valence-electron chi connectivity index (χ1n) is 9.57. The molecule has 150 valence electrons. The number of carbonyl (C=O) groups excluding carboxylic acids is 1. The van der Waals surface area contributed by atoms with Gasteiger partial charge in [-0.2, -0.15) is 0 Å². The number of halogens is 2. The summed E-state index contributed by atoms with van der Waals surface area (Å²) in [7, 11) is 0. The van der Waals surface area contributed by atoms with E-state index >= 15 is 0 Å². The monoisotopic (exact) mass is 465 g/mol. The lowest BCUT2D eigenvalue weighted by Gasteiger charge is -2.38. The van der Waals surface area contributed by atoms with Crippen LogP contribution in [-0.4, -0.2) is 32.3 Å². The zero-order chi connectivity index (χ0) is 19.8. The third-order valence-electron chi connectivity index (χ3n) is 5.17. The molecule has 0 aromatic heterocycles. The van der Waals surface area contributed by atoms with E-state index in [1.807, 2.05) is 18.2 Å².